The molecule has 0 heterocycles. The highest BCUT2D eigenvalue weighted by Crippen LogP contribution is 2.11. The zero-order valence-corrected chi connectivity index (χ0v) is 11.7. The number of carbonyl (C=O) groups excluding carboxylic acids is 1. The number of halogens is 1. The maximum atomic E-state index is 10.9. The lowest BCUT2D eigenvalue weighted by Crippen LogP contribution is -2.16. The number of amides is 1. The number of carbonyl (C=O) groups is 1. The quantitative estimate of drug-likeness (QED) is 0.255. The van der Waals surface area contributed by atoms with Crippen molar-refractivity contribution in [2.75, 3.05) is 0 Å². The maximum Gasteiger partial charge on any atom is 0.261 e. The van der Waals surface area contributed by atoms with Gasteiger partial charge in [0, 0.05) is 18.2 Å². The van der Waals surface area contributed by atoms with E-state index >= 15 is 0 Å². The van der Waals surface area contributed by atoms with E-state index in [2.05, 4.69) is 6.92 Å². The first-order valence-corrected chi connectivity index (χ1v) is 7.20. The average Bonchev–Trinajstić information content (AvgIpc) is 2.31. The van der Waals surface area contributed by atoms with Gasteiger partial charge in [-0.2, -0.15) is 0 Å². The summed E-state index contributed by atoms with van der Waals surface area (Å²) in [6.45, 7) is 2.23. The predicted molar refractivity (Wildman–Crippen MR) is 70.9 cm³/mol. The molecule has 0 rings (SSSR count). The third-order valence-electron chi connectivity index (χ3n) is 2.95. The van der Waals surface area contributed by atoms with Crippen molar-refractivity contribution in [1.29, 1.82) is 0 Å². The SMILES string of the molecule is CCCCCCCCCCCCC(=O)N(O)Cl. The number of hydroxylamine groups is 1. The molecule has 0 aliphatic heterocycles. The standard InChI is InChI=1S/C13H26ClNO2/c1-2-3-4-5-6-7-8-9-10-11-12-13(16)15(14)17/h17H,2-12H2,1H3. The zero-order valence-electron chi connectivity index (χ0n) is 11.0. The Morgan fingerprint density at radius 3 is 1.76 bits per heavy atom. The second-order valence-electron chi connectivity index (χ2n) is 4.59. The Morgan fingerprint density at radius 2 is 1.35 bits per heavy atom. The summed E-state index contributed by atoms with van der Waals surface area (Å²) in [6.07, 6.45) is 12.7. The van der Waals surface area contributed by atoms with Crippen molar-refractivity contribution in [2.24, 2.45) is 0 Å². The molecule has 0 fully saturated rings. The number of rotatable bonds is 11. The van der Waals surface area contributed by atoms with Gasteiger partial charge >= 0.3 is 0 Å². The van der Waals surface area contributed by atoms with Crippen molar-refractivity contribution < 1.29 is 10.0 Å². The summed E-state index contributed by atoms with van der Waals surface area (Å²) in [6, 6.07) is 0. The molecule has 0 saturated carbocycles. The van der Waals surface area contributed by atoms with Crippen LogP contribution in [0, 0.1) is 0 Å². The topological polar surface area (TPSA) is 40.5 Å². The van der Waals surface area contributed by atoms with Crippen LogP contribution in [0.25, 0.3) is 0 Å². The van der Waals surface area contributed by atoms with E-state index in [0.29, 0.717) is 6.42 Å². The Morgan fingerprint density at radius 1 is 0.941 bits per heavy atom. The van der Waals surface area contributed by atoms with Gasteiger partial charge in [0.05, 0.1) is 0 Å². The molecule has 0 aliphatic rings. The molecule has 17 heavy (non-hydrogen) atoms. The van der Waals surface area contributed by atoms with Crippen molar-refractivity contribution in [3.63, 3.8) is 0 Å². The lowest BCUT2D eigenvalue weighted by Gasteiger charge is -2.04. The van der Waals surface area contributed by atoms with Crippen LogP contribution in [0.4, 0.5) is 0 Å². The van der Waals surface area contributed by atoms with Gasteiger partial charge < -0.3 is 0 Å². The van der Waals surface area contributed by atoms with E-state index < -0.39 is 5.91 Å². The van der Waals surface area contributed by atoms with E-state index in [4.69, 9.17) is 17.0 Å². The molecule has 0 atom stereocenters. The van der Waals surface area contributed by atoms with Crippen molar-refractivity contribution in [3.8, 4) is 0 Å². The monoisotopic (exact) mass is 263 g/mol. The van der Waals surface area contributed by atoms with Crippen molar-refractivity contribution in [2.45, 2.75) is 77.6 Å². The Hall–Kier alpha value is -0.280. The van der Waals surface area contributed by atoms with Gasteiger partial charge in [0.1, 0.15) is 0 Å². The molecular formula is C13H26ClNO2. The third-order valence-corrected chi connectivity index (χ3v) is 3.14. The number of unbranched alkanes of at least 4 members (excludes halogenated alkanes) is 9. The van der Waals surface area contributed by atoms with Crippen LogP contribution in [0.15, 0.2) is 0 Å². The minimum Gasteiger partial charge on any atom is -0.271 e. The first-order chi connectivity index (χ1) is 8.18. The fourth-order valence-corrected chi connectivity index (χ4v) is 1.94. The summed E-state index contributed by atoms with van der Waals surface area (Å²) in [7, 11) is 0. The van der Waals surface area contributed by atoms with Gasteiger partial charge in [-0.25, -0.2) is 0 Å². The minimum atomic E-state index is -0.411. The summed E-state index contributed by atoms with van der Waals surface area (Å²) in [4.78, 5) is 10.9. The van der Waals surface area contributed by atoms with Crippen LogP contribution in [0.3, 0.4) is 0 Å². The van der Waals surface area contributed by atoms with Crippen LogP contribution in [0.1, 0.15) is 77.6 Å². The Labute approximate surface area is 110 Å². The molecule has 0 aromatic rings. The van der Waals surface area contributed by atoms with Crippen LogP contribution in [-0.4, -0.2) is 15.7 Å². The second-order valence-corrected chi connectivity index (χ2v) is 4.91. The Kier molecular flexibility index (Phi) is 12.0. The molecule has 3 nitrogen and oxygen atoms in total. The summed E-state index contributed by atoms with van der Waals surface area (Å²) in [5.41, 5.74) is 0. The van der Waals surface area contributed by atoms with Gasteiger partial charge in [-0.15, -0.1) is 4.58 Å². The highest BCUT2D eigenvalue weighted by atomic mass is 35.5. The molecule has 0 bridgehead atoms. The van der Waals surface area contributed by atoms with Gasteiger partial charge in [0.2, 0.25) is 0 Å². The van der Waals surface area contributed by atoms with Gasteiger partial charge in [-0.3, -0.25) is 10.0 Å². The average molecular weight is 264 g/mol. The summed E-state index contributed by atoms with van der Waals surface area (Å²) >= 11 is 5.09. The molecule has 0 unspecified atom stereocenters. The molecule has 102 valence electrons. The van der Waals surface area contributed by atoms with Gasteiger partial charge in [0.15, 0.2) is 0 Å². The summed E-state index contributed by atoms with van der Waals surface area (Å²) in [5, 5.41) is 8.61. The predicted octanol–water partition coefficient (Wildman–Crippen LogP) is 4.67. The fourth-order valence-electron chi connectivity index (χ4n) is 1.86. The molecule has 0 saturated heterocycles. The van der Waals surface area contributed by atoms with Crippen molar-refractivity contribution >= 4 is 17.7 Å². The molecule has 0 radical (unpaired) electrons. The number of hydrogen-bond acceptors (Lipinski definition) is 2. The van der Waals surface area contributed by atoms with Crippen molar-refractivity contribution in [3.05, 3.63) is 0 Å². The minimum absolute atomic E-state index is 0.160. The number of nitrogens with zero attached hydrogens (tertiary/aromatic N) is 1. The molecule has 1 amide bonds. The number of hydrogen-bond donors (Lipinski definition) is 1. The van der Waals surface area contributed by atoms with E-state index in [-0.39, 0.29) is 4.58 Å². The molecular weight excluding hydrogens is 238 g/mol. The van der Waals surface area contributed by atoms with Crippen LogP contribution in [0.2, 0.25) is 0 Å². The lowest BCUT2D eigenvalue weighted by atomic mass is 10.1. The first-order valence-electron chi connectivity index (χ1n) is 6.86. The highest BCUT2D eigenvalue weighted by molar-refractivity contribution is 6.19. The van der Waals surface area contributed by atoms with E-state index in [1.165, 1.54) is 51.4 Å². The molecule has 1 N–H and O–H groups in total. The summed E-state index contributed by atoms with van der Waals surface area (Å²) in [5.74, 6) is -0.411. The van der Waals surface area contributed by atoms with E-state index in [0.717, 1.165) is 12.8 Å². The van der Waals surface area contributed by atoms with Gasteiger partial charge in [-0.1, -0.05) is 64.7 Å². The molecule has 4 heteroatoms. The Bertz CT molecular complexity index is 186. The first kappa shape index (κ1) is 16.7. The van der Waals surface area contributed by atoms with E-state index in [1.54, 1.807) is 0 Å². The largest absolute Gasteiger partial charge is 0.271 e. The zero-order chi connectivity index (χ0) is 12.9. The highest BCUT2D eigenvalue weighted by Gasteiger charge is 2.06. The molecule has 0 aromatic heterocycles. The van der Waals surface area contributed by atoms with Gasteiger partial charge in [-0.05, 0) is 6.42 Å². The smallest absolute Gasteiger partial charge is 0.261 e. The van der Waals surface area contributed by atoms with Crippen LogP contribution in [0.5, 0.6) is 0 Å². The third kappa shape index (κ3) is 12.0. The Balaban J connectivity index is 3.06. The van der Waals surface area contributed by atoms with E-state index in [1.807, 2.05) is 0 Å². The van der Waals surface area contributed by atoms with Crippen LogP contribution < -0.4 is 0 Å². The van der Waals surface area contributed by atoms with Crippen LogP contribution in [-0.2, 0) is 4.79 Å². The van der Waals surface area contributed by atoms with E-state index in [9.17, 15) is 4.79 Å². The molecule has 0 spiro atoms. The van der Waals surface area contributed by atoms with Crippen molar-refractivity contribution in [1.82, 2.24) is 4.58 Å². The molecule has 0 aromatic carbocycles. The van der Waals surface area contributed by atoms with Crippen LogP contribution >= 0.6 is 11.8 Å². The summed E-state index contributed by atoms with van der Waals surface area (Å²) < 4.78 is 0.160. The second kappa shape index (κ2) is 12.2. The molecule has 0 aliphatic carbocycles. The normalized spacial score (nSPS) is 10.5. The van der Waals surface area contributed by atoms with Gasteiger partial charge in [0.25, 0.3) is 5.91 Å². The maximum absolute atomic E-state index is 10.9. The fraction of sp³-hybridized carbons (Fsp3) is 0.923. The lowest BCUT2D eigenvalue weighted by molar-refractivity contribution is -0.146.